The van der Waals surface area contributed by atoms with Crippen LogP contribution < -0.4 is 5.32 Å². The Morgan fingerprint density at radius 2 is 2.18 bits per heavy atom. The third-order valence-corrected chi connectivity index (χ3v) is 3.11. The number of nitrogens with zero attached hydrogens (tertiary/aromatic N) is 1. The van der Waals surface area contributed by atoms with Crippen molar-refractivity contribution < 1.29 is 23.1 Å². The summed E-state index contributed by atoms with van der Waals surface area (Å²) >= 11 is 1.29. The van der Waals surface area contributed by atoms with E-state index in [4.69, 9.17) is 5.11 Å². The van der Waals surface area contributed by atoms with Crippen LogP contribution in [0.1, 0.15) is 17.6 Å². The number of hydrogen-bond acceptors (Lipinski definition) is 4. The smallest absolute Gasteiger partial charge is 0.417 e. The molecule has 0 bridgehead atoms. The summed E-state index contributed by atoms with van der Waals surface area (Å²) < 4.78 is 37.8. The van der Waals surface area contributed by atoms with Crippen molar-refractivity contribution in [2.45, 2.75) is 32.1 Å². The third kappa shape index (κ3) is 2.95. The normalized spacial score (nSPS) is 15.6. The Kier molecular flexibility index (Phi) is 3.78. The lowest BCUT2D eigenvalue weighted by molar-refractivity contribution is -0.206. The molecule has 1 rings (SSSR count). The molecule has 0 aliphatic heterocycles. The van der Waals surface area contributed by atoms with E-state index < -0.39 is 17.7 Å². The molecule has 1 heterocycles. The molecule has 4 nitrogen and oxygen atoms in total. The van der Waals surface area contributed by atoms with Crippen LogP contribution in [0.3, 0.4) is 0 Å². The number of halogens is 3. The van der Waals surface area contributed by atoms with Crippen LogP contribution in [0.4, 0.5) is 13.2 Å². The summed E-state index contributed by atoms with van der Waals surface area (Å²) in [6.45, 7) is 2.07. The zero-order valence-electron chi connectivity index (χ0n) is 9.13. The van der Waals surface area contributed by atoms with Crippen LogP contribution in [0.25, 0.3) is 0 Å². The molecule has 0 amide bonds. The Morgan fingerprint density at radius 1 is 1.59 bits per heavy atom. The lowest BCUT2D eigenvalue weighted by Gasteiger charge is -2.28. The molecule has 2 N–H and O–H groups in total. The Morgan fingerprint density at radius 3 is 2.53 bits per heavy atom. The molecule has 0 spiro atoms. The first kappa shape index (κ1) is 13.9. The van der Waals surface area contributed by atoms with E-state index in [1.54, 1.807) is 12.3 Å². The number of rotatable bonds is 4. The van der Waals surface area contributed by atoms with E-state index in [1.165, 1.54) is 11.3 Å². The largest absolute Gasteiger partial charge is 0.480 e. The van der Waals surface area contributed by atoms with Gasteiger partial charge in [0.05, 0.1) is 10.7 Å². The highest BCUT2D eigenvalue weighted by atomic mass is 32.1. The maximum Gasteiger partial charge on any atom is 0.417 e. The Hall–Kier alpha value is -1.15. The molecule has 0 aliphatic carbocycles. The molecule has 1 unspecified atom stereocenters. The number of carboxylic acid groups (broad SMARTS) is 1. The number of aromatic nitrogens is 1. The van der Waals surface area contributed by atoms with Gasteiger partial charge in [-0.25, -0.2) is 9.78 Å². The number of nitrogens with one attached hydrogen (secondary N) is 1. The zero-order chi connectivity index (χ0) is 13.3. The highest BCUT2D eigenvalue weighted by Crippen LogP contribution is 2.30. The van der Waals surface area contributed by atoms with Crippen LogP contribution >= 0.6 is 11.3 Å². The first-order chi connectivity index (χ1) is 7.67. The third-order valence-electron chi connectivity index (χ3n) is 2.28. The van der Waals surface area contributed by atoms with Gasteiger partial charge in [0.25, 0.3) is 0 Å². The minimum Gasteiger partial charge on any atom is -0.480 e. The van der Waals surface area contributed by atoms with Crippen LogP contribution in [-0.2, 0) is 11.3 Å². The number of thiazole rings is 1. The maximum absolute atomic E-state index is 12.6. The van der Waals surface area contributed by atoms with Gasteiger partial charge in [0.2, 0.25) is 5.54 Å². The minimum atomic E-state index is -4.87. The van der Waals surface area contributed by atoms with Crippen molar-refractivity contribution in [3.05, 3.63) is 16.1 Å². The summed E-state index contributed by atoms with van der Waals surface area (Å²) in [6, 6.07) is 0. The fourth-order valence-electron chi connectivity index (χ4n) is 1.05. The summed E-state index contributed by atoms with van der Waals surface area (Å²) in [5, 5.41) is 12.9. The van der Waals surface area contributed by atoms with Gasteiger partial charge in [-0.05, 0) is 13.8 Å². The summed E-state index contributed by atoms with van der Waals surface area (Å²) in [6.07, 6.45) is -4.87. The average Bonchev–Trinajstić information content (AvgIpc) is 2.58. The SMILES string of the molecule is Cc1nc(CNC(C)(C(=O)O)C(F)(F)F)cs1. The van der Waals surface area contributed by atoms with E-state index in [9.17, 15) is 18.0 Å². The number of hydrogen-bond donors (Lipinski definition) is 2. The maximum atomic E-state index is 12.6. The van der Waals surface area contributed by atoms with Crippen molar-refractivity contribution in [2.75, 3.05) is 0 Å². The number of carboxylic acids is 1. The highest BCUT2D eigenvalue weighted by Gasteiger charge is 2.57. The van der Waals surface area contributed by atoms with E-state index in [1.807, 2.05) is 5.32 Å². The second-order valence-electron chi connectivity index (χ2n) is 3.64. The molecule has 0 fully saturated rings. The molecule has 0 saturated carbocycles. The topological polar surface area (TPSA) is 62.2 Å². The second kappa shape index (κ2) is 4.61. The molecular weight excluding hydrogens is 257 g/mol. The highest BCUT2D eigenvalue weighted by molar-refractivity contribution is 7.09. The van der Waals surface area contributed by atoms with Crippen LogP contribution in [0.15, 0.2) is 5.38 Å². The fraction of sp³-hybridized carbons (Fsp3) is 0.556. The number of carbonyl (C=O) groups is 1. The quantitative estimate of drug-likeness (QED) is 0.876. The number of alkyl halides is 3. The van der Waals surface area contributed by atoms with E-state index in [0.29, 0.717) is 17.6 Å². The van der Waals surface area contributed by atoms with Gasteiger partial charge in [-0.3, -0.25) is 5.32 Å². The van der Waals surface area contributed by atoms with Crippen molar-refractivity contribution in [1.82, 2.24) is 10.3 Å². The molecule has 8 heteroatoms. The second-order valence-corrected chi connectivity index (χ2v) is 4.70. The van der Waals surface area contributed by atoms with Crippen LogP contribution in [0, 0.1) is 6.92 Å². The monoisotopic (exact) mass is 268 g/mol. The standard InChI is InChI=1S/C9H11F3N2O2S/c1-5-14-6(4-17-5)3-13-8(2,7(15)16)9(10,11)12/h4,13H,3H2,1-2H3,(H,15,16). The molecule has 0 aromatic carbocycles. The van der Waals surface area contributed by atoms with Gasteiger partial charge in [0, 0.05) is 11.9 Å². The summed E-state index contributed by atoms with van der Waals surface area (Å²) in [4.78, 5) is 14.6. The van der Waals surface area contributed by atoms with Crippen LogP contribution in [0.2, 0.25) is 0 Å². The molecule has 0 radical (unpaired) electrons. The van der Waals surface area contributed by atoms with E-state index in [0.717, 1.165) is 0 Å². The van der Waals surface area contributed by atoms with E-state index in [-0.39, 0.29) is 6.54 Å². The van der Waals surface area contributed by atoms with Crippen LogP contribution in [-0.4, -0.2) is 27.8 Å². The van der Waals surface area contributed by atoms with Crippen molar-refractivity contribution in [3.63, 3.8) is 0 Å². The van der Waals surface area contributed by atoms with Crippen molar-refractivity contribution in [2.24, 2.45) is 0 Å². The lowest BCUT2D eigenvalue weighted by atomic mass is 10.0. The number of aryl methyl sites for hydroxylation is 1. The Bertz CT molecular complexity index is 419. The predicted octanol–water partition coefficient (Wildman–Crippen LogP) is 1.95. The minimum absolute atomic E-state index is 0.243. The van der Waals surface area contributed by atoms with Gasteiger partial charge in [-0.2, -0.15) is 13.2 Å². The van der Waals surface area contributed by atoms with Gasteiger partial charge < -0.3 is 5.11 Å². The molecule has 1 atom stereocenters. The molecule has 0 saturated heterocycles. The first-order valence-electron chi connectivity index (χ1n) is 4.63. The number of aliphatic carboxylic acids is 1. The van der Waals surface area contributed by atoms with Gasteiger partial charge in [0.1, 0.15) is 0 Å². The fourth-order valence-corrected chi connectivity index (χ4v) is 1.67. The van der Waals surface area contributed by atoms with Crippen LogP contribution in [0.5, 0.6) is 0 Å². The van der Waals surface area contributed by atoms with Gasteiger partial charge >= 0.3 is 12.1 Å². The van der Waals surface area contributed by atoms with E-state index >= 15 is 0 Å². The van der Waals surface area contributed by atoms with Gasteiger partial charge in [-0.15, -0.1) is 11.3 Å². The summed E-state index contributed by atoms with van der Waals surface area (Å²) in [7, 11) is 0. The summed E-state index contributed by atoms with van der Waals surface area (Å²) in [5.74, 6) is -1.96. The first-order valence-corrected chi connectivity index (χ1v) is 5.51. The predicted molar refractivity (Wildman–Crippen MR) is 55.8 cm³/mol. The van der Waals surface area contributed by atoms with Crippen molar-refractivity contribution in [3.8, 4) is 0 Å². The van der Waals surface area contributed by atoms with Gasteiger partial charge in [-0.1, -0.05) is 0 Å². The summed E-state index contributed by atoms with van der Waals surface area (Å²) in [5.41, 5.74) is -2.57. The Balaban J connectivity index is 2.79. The van der Waals surface area contributed by atoms with Crippen molar-refractivity contribution in [1.29, 1.82) is 0 Å². The van der Waals surface area contributed by atoms with E-state index in [2.05, 4.69) is 4.98 Å². The molecular formula is C9H11F3N2O2S. The molecule has 17 heavy (non-hydrogen) atoms. The van der Waals surface area contributed by atoms with Crippen molar-refractivity contribution >= 4 is 17.3 Å². The molecule has 1 aromatic heterocycles. The van der Waals surface area contributed by atoms with Gasteiger partial charge in [0.15, 0.2) is 0 Å². The zero-order valence-corrected chi connectivity index (χ0v) is 9.95. The lowest BCUT2D eigenvalue weighted by Crippen LogP contribution is -2.59. The molecule has 0 aliphatic rings. The average molecular weight is 268 g/mol. The molecule has 96 valence electrons. The Labute approximate surface area is 99.5 Å². The molecule has 1 aromatic rings.